The second-order valence-electron chi connectivity index (χ2n) is 6.44. The van der Waals surface area contributed by atoms with Crippen molar-refractivity contribution in [2.75, 3.05) is 18.4 Å². The summed E-state index contributed by atoms with van der Waals surface area (Å²) in [5.41, 5.74) is 1.17. The van der Waals surface area contributed by atoms with E-state index in [0.717, 1.165) is 37.4 Å². The molecule has 8 heteroatoms. The van der Waals surface area contributed by atoms with E-state index in [4.69, 9.17) is 4.52 Å². The summed E-state index contributed by atoms with van der Waals surface area (Å²) in [5.74, 6) is 1.23. The molecule has 0 aromatic carbocycles. The highest BCUT2D eigenvalue weighted by atomic mass is 32.1. The highest BCUT2D eigenvalue weighted by Gasteiger charge is 2.31. The Bertz CT molecular complexity index is 717. The second-order valence-corrected chi connectivity index (χ2v) is 7.53. The second kappa shape index (κ2) is 6.60. The zero-order chi connectivity index (χ0) is 16.5. The van der Waals surface area contributed by atoms with Crippen LogP contribution in [0.15, 0.2) is 4.52 Å². The van der Waals surface area contributed by atoms with Gasteiger partial charge in [0.2, 0.25) is 11.8 Å². The first kappa shape index (κ1) is 15.7. The summed E-state index contributed by atoms with van der Waals surface area (Å²) < 4.78 is 5.08. The number of aromatic nitrogens is 3. The normalized spacial score (nSPS) is 21.0. The molecule has 4 rings (SSSR count). The summed E-state index contributed by atoms with van der Waals surface area (Å²) in [7, 11) is 0. The monoisotopic (exact) mass is 347 g/mol. The molecule has 7 nitrogen and oxygen atoms in total. The molecule has 0 bridgehead atoms. The van der Waals surface area contributed by atoms with E-state index in [2.05, 4.69) is 25.3 Å². The molecular formula is C16H21N5O2S. The van der Waals surface area contributed by atoms with E-state index < -0.39 is 0 Å². The van der Waals surface area contributed by atoms with Gasteiger partial charge in [0.25, 0.3) is 0 Å². The molecule has 0 saturated carbocycles. The maximum absolute atomic E-state index is 12.4. The van der Waals surface area contributed by atoms with Crippen LogP contribution in [-0.4, -0.2) is 39.0 Å². The van der Waals surface area contributed by atoms with Gasteiger partial charge in [0, 0.05) is 11.8 Å². The Balaban J connectivity index is 1.39. The zero-order valence-electron chi connectivity index (χ0n) is 13.7. The van der Waals surface area contributed by atoms with E-state index in [-0.39, 0.29) is 11.9 Å². The largest absolute Gasteiger partial charge is 0.340 e. The van der Waals surface area contributed by atoms with Crippen LogP contribution in [0.3, 0.4) is 0 Å². The van der Waals surface area contributed by atoms with Gasteiger partial charge in [0.1, 0.15) is 0 Å². The molecule has 0 unspecified atom stereocenters. The molecule has 1 aliphatic heterocycles. The first-order valence-corrected chi connectivity index (χ1v) is 9.33. The number of fused-ring (bicyclic) bond motifs is 1. The fraction of sp³-hybridized carbons (Fsp3) is 0.625. The van der Waals surface area contributed by atoms with Crippen molar-refractivity contribution >= 4 is 22.4 Å². The van der Waals surface area contributed by atoms with Crippen LogP contribution in [0, 0.1) is 6.92 Å². The SMILES string of the molecule is Cc1nc([C@H]2CCCN2CC(=O)Nc2nc3c(s2)CCCC3)no1. The van der Waals surface area contributed by atoms with E-state index in [0.29, 0.717) is 18.3 Å². The fourth-order valence-corrected chi connectivity index (χ4v) is 4.57. The quantitative estimate of drug-likeness (QED) is 0.915. The molecule has 1 amide bonds. The third kappa shape index (κ3) is 3.21. The van der Waals surface area contributed by atoms with Crippen molar-refractivity contribution in [3.05, 3.63) is 22.3 Å². The number of nitrogens with zero attached hydrogens (tertiary/aromatic N) is 4. The van der Waals surface area contributed by atoms with Crippen molar-refractivity contribution in [3.63, 3.8) is 0 Å². The van der Waals surface area contributed by atoms with E-state index in [1.54, 1.807) is 18.3 Å². The van der Waals surface area contributed by atoms with Crippen molar-refractivity contribution < 1.29 is 9.32 Å². The number of carbonyl (C=O) groups excluding carboxylic acids is 1. The van der Waals surface area contributed by atoms with Gasteiger partial charge in [-0.25, -0.2) is 4.98 Å². The fourth-order valence-electron chi connectivity index (χ4n) is 3.51. The van der Waals surface area contributed by atoms with Crippen LogP contribution in [0.2, 0.25) is 0 Å². The Morgan fingerprint density at radius 2 is 2.21 bits per heavy atom. The van der Waals surface area contributed by atoms with E-state index >= 15 is 0 Å². The number of amides is 1. The smallest absolute Gasteiger partial charge is 0.240 e. The summed E-state index contributed by atoms with van der Waals surface area (Å²) in [4.78, 5) is 24.8. The Hall–Kier alpha value is -1.80. The van der Waals surface area contributed by atoms with Gasteiger partial charge in [-0.15, -0.1) is 11.3 Å². The van der Waals surface area contributed by atoms with Gasteiger partial charge in [-0.3, -0.25) is 9.69 Å². The third-order valence-electron chi connectivity index (χ3n) is 4.64. The van der Waals surface area contributed by atoms with Crippen LogP contribution in [0.25, 0.3) is 0 Å². The maximum atomic E-state index is 12.4. The molecule has 0 spiro atoms. The molecule has 24 heavy (non-hydrogen) atoms. The molecule has 3 heterocycles. The van der Waals surface area contributed by atoms with Gasteiger partial charge in [-0.05, 0) is 45.1 Å². The number of hydrogen-bond donors (Lipinski definition) is 1. The Labute approximate surface area is 144 Å². The molecule has 2 aromatic heterocycles. The van der Waals surface area contributed by atoms with Gasteiger partial charge < -0.3 is 9.84 Å². The topological polar surface area (TPSA) is 84.2 Å². The number of thiazole rings is 1. The van der Waals surface area contributed by atoms with Gasteiger partial charge in [0.15, 0.2) is 11.0 Å². The van der Waals surface area contributed by atoms with Crippen molar-refractivity contribution in [2.45, 2.75) is 51.5 Å². The number of rotatable bonds is 4. The average molecular weight is 347 g/mol. The average Bonchev–Trinajstić information content (AvgIpc) is 3.25. The van der Waals surface area contributed by atoms with E-state index in [9.17, 15) is 4.79 Å². The minimum atomic E-state index is -0.0202. The van der Waals surface area contributed by atoms with E-state index in [1.165, 1.54) is 23.4 Å². The summed E-state index contributed by atoms with van der Waals surface area (Å²) in [5, 5.41) is 7.71. The molecule has 1 atom stereocenters. The van der Waals surface area contributed by atoms with Gasteiger partial charge in [0.05, 0.1) is 18.3 Å². The van der Waals surface area contributed by atoms with Crippen LogP contribution in [-0.2, 0) is 17.6 Å². The third-order valence-corrected chi connectivity index (χ3v) is 5.72. The van der Waals surface area contributed by atoms with Crippen molar-refractivity contribution in [1.82, 2.24) is 20.0 Å². The Kier molecular flexibility index (Phi) is 4.32. The summed E-state index contributed by atoms with van der Waals surface area (Å²) >= 11 is 1.62. The highest BCUT2D eigenvalue weighted by molar-refractivity contribution is 7.15. The van der Waals surface area contributed by atoms with Crippen LogP contribution in [0.4, 0.5) is 5.13 Å². The number of aryl methyl sites for hydroxylation is 3. The highest BCUT2D eigenvalue weighted by Crippen LogP contribution is 2.31. The van der Waals surface area contributed by atoms with Gasteiger partial charge in [-0.2, -0.15) is 4.98 Å². The molecule has 2 aliphatic rings. The molecular weight excluding hydrogens is 326 g/mol. The maximum Gasteiger partial charge on any atom is 0.240 e. The van der Waals surface area contributed by atoms with Crippen LogP contribution in [0.5, 0.6) is 0 Å². The Morgan fingerprint density at radius 3 is 3.00 bits per heavy atom. The number of nitrogens with one attached hydrogen (secondary N) is 1. The Morgan fingerprint density at radius 1 is 1.33 bits per heavy atom. The predicted octanol–water partition coefficient (Wildman–Crippen LogP) is 2.49. The summed E-state index contributed by atoms with van der Waals surface area (Å²) in [6.45, 7) is 3.00. The first-order valence-electron chi connectivity index (χ1n) is 8.52. The van der Waals surface area contributed by atoms with Crippen LogP contribution in [0.1, 0.15) is 54.0 Å². The lowest BCUT2D eigenvalue weighted by Gasteiger charge is -2.20. The molecule has 2 aromatic rings. The van der Waals surface area contributed by atoms with Gasteiger partial charge >= 0.3 is 0 Å². The lowest BCUT2D eigenvalue weighted by molar-refractivity contribution is -0.117. The first-order chi connectivity index (χ1) is 11.7. The van der Waals surface area contributed by atoms with Crippen molar-refractivity contribution in [2.24, 2.45) is 0 Å². The number of anilines is 1. The number of carbonyl (C=O) groups is 1. The minimum Gasteiger partial charge on any atom is -0.340 e. The molecule has 1 N–H and O–H groups in total. The lowest BCUT2D eigenvalue weighted by Crippen LogP contribution is -2.33. The lowest BCUT2D eigenvalue weighted by atomic mass is 10.0. The van der Waals surface area contributed by atoms with Crippen molar-refractivity contribution in [3.8, 4) is 0 Å². The molecule has 128 valence electrons. The van der Waals surface area contributed by atoms with Crippen LogP contribution < -0.4 is 5.32 Å². The standard InChI is InChI=1S/C16H21N5O2S/c1-10-17-15(20-23-10)12-6-4-8-21(12)9-14(22)19-16-18-11-5-2-3-7-13(11)24-16/h12H,2-9H2,1H3,(H,18,19,22)/t12-/m1/s1. The summed E-state index contributed by atoms with van der Waals surface area (Å²) in [6, 6.07) is 0.0673. The molecule has 0 radical (unpaired) electrons. The minimum absolute atomic E-state index is 0.0202. The number of likely N-dealkylation sites (tertiary alicyclic amines) is 1. The summed E-state index contributed by atoms with van der Waals surface area (Å²) in [6.07, 6.45) is 6.54. The zero-order valence-corrected chi connectivity index (χ0v) is 14.6. The predicted molar refractivity (Wildman–Crippen MR) is 90.0 cm³/mol. The molecule has 1 aliphatic carbocycles. The molecule has 1 fully saturated rings. The molecule has 1 saturated heterocycles. The van der Waals surface area contributed by atoms with Crippen molar-refractivity contribution in [1.29, 1.82) is 0 Å². The van der Waals surface area contributed by atoms with Gasteiger partial charge in [-0.1, -0.05) is 5.16 Å². The van der Waals surface area contributed by atoms with Crippen LogP contribution >= 0.6 is 11.3 Å². The number of hydrogen-bond acceptors (Lipinski definition) is 7. The van der Waals surface area contributed by atoms with E-state index in [1.807, 2.05) is 0 Å².